The van der Waals surface area contributed by atoms with Crippen molar-refractivity contribution in [2.24, 2.45) is 0 Å². The molecule has 0 fully saturated rings. The van der Waals surface area contributed by atoms with Gasteiger partial charge in [-0.05, 0) is 0 Å². The fourth-order valence-electron chi connectivity index (χ4n) is 0. The second-order valence-corrected chi connectivity index (χ2v) is 0. The Kier molecular flexibility index (Phi) is 105. The summed E-state index contributed by atoms with van der Waals surface area (Å²) in [4.78, 5) is 0. The van der Waals surface area contributed by atoms with E-state index in [0.29, 0.717) is 0 Å². The second kappa shape index (κ2) is 16.1. The zero-order chi connectivity index (χ0) is 0. The molecule has 0 aromatic heterocycles. The molecule has 0 aliphatic heterocycles. The van der Waals surface area contributed by atoms with Crippen LogP contribution in [0.5, 0.6) is 0 Å². The molecule has 0 N–H and O–H groups in total. The number of hydrogen-bond acceptors (Lipinski definition) is 0. The first-order valence-corrected chi connectivity index (χ1v) is 0. The molecule has 0 aliphatic carbocycles. The third-order valence-corrected chi connectivity index (χ3v) is 0. The van der Waals surface area contributed by atoms with Crippen LogP contribution >= 0.6 is 9.90 Å². The van der Waals surface area contributed by atoms with Crippen LogP contribution in [0, 0.1) is 0 Å². The van der Waals surface area contributed by atoms with Gasteiger partial charge in [-0.25, -0.2) is 0 Å². The molecule has 0 aromatic carbocycles. The number of rotatable bonds is 0. The molecule has 0 bridgehead atoms. The first-order valence-electron chi connectivity index (χ1n) is 0. The summed E-state index contributed by atoms with van der Waals surface area (Å²) in [5.41, 5.74) is 0. The molecular formula is H8CaMgNaP. The molecule has 0 heterocycles. The SMILES string of the molecule is P.[Ca+2].[H-].[H-].[H-].[H-].[H-].[Mg+2].[Na+]. The van der Waals surface area contributed by atoms with Crippen molar-refractivity contribution in [2.75, 3.05) is 0 Å². The molecule has 0 rings (SSSR count). The van der Waals surface area contributed by atoms with Crippen molar-refractivity contribution in [1.82, 2.24) is 0 Å². The summed E-state index contributed by atoms with van der Waals surface area (Å²) in [7, 11) is 0. The van der Waals surface area contributed by atoms with E-state index < -0.39 is 0 Å². The maximum Gasteiger partial charge on any atom is 2.00 e. The molecule has 4 heteroatoms. The van der Waals surface area contributed by atoms with Gasteiger partial charge >= 0.3 is 90.3 Å². The van der Waals surface area contributed by atoms with Gasteiger partial charge in [-0.2, -0.15) is 9.90 Å². The maximum absolute atomic E-state index is 0. The molecule has 0 amide bonds. The van der Waals surface area contributed by atoms with Crippen LogP contribution in [0.4, 0.5) is 0 Å². The van der Waals surface area contributed by atoms with Crippen molar-refractivity contribution < 1.29 is 36.7 Å². The van der Waals surface area contributed by atoms with E-state index in [0.717, 1.165) is 0 Å². The molecule has 0 nitrogen and oxygen atoms in total. The van der Waals surface area contributed by atoms with Gasteiger partial charge in [0.15, 0.2) is 0 Å². The minimum atomic E-state index is 0. The van der Waals surface area contributed by atoms with Crippen molar-refractivity contribution >= 4 is 70.7 Å². The normalized spacial score (nSPS) is 0. The van der Waals surface area contributed by atoms with Crippen LogP contribution in [0.2, 0.25) is 0 Å². The van der Waals surface area contributed by atoms with E-state index in [2.05, 4.69) is 0 Å². The van der Waals surface area contributed by atoms with Crippen LogP contribution in [-0.2, 0) is 0 Å². The van der Waals surface area contributed by atoms with Crippen LogP contribution in [-0.4, -0.2) is 60.8 Å². The first kappa shape index (κ1) is 26.0. The van der Waals surface area contributed by atoms with Crippen molar-refractivity contribution in [1.29, 1.82) is 0 Å². The molecule has 0 saturated heterocycles. The molecule has 4 heavy (non-hydrogen) atoms. The van der Waals surface area contributed by atoms with Gasteiger partial charge < -0.3 is 7.13 Å². The van der Waals surface area contributed by atoms with Gasteiger partial charge in [0.05, 0.1) is 0 Å². The largest absolute Gasteiger partial charge is 2.00 e. The smallest absolute Gasteiger partial charge is 1.00 e. The average molecular weight is 126 g/mol. The molecule has 1 atom stereocenters. The molecule has 0 saturated carbocycles. The fourth-order valence-corrected chi connectivity index (χ4v) is 0. The summed E-state index contributed by atoms with van der Waals surface area (Å²) in [6, 6.07) is 0. The zero-order valence-electron chi connectivity index (χ0n) is 8.12. The van der Waals surface area contributed by atoms with Crippen molar-refractivity contribution in [2.45, 2.75) is 0 Å². The van der Waals surface area contributed by atoms with Gasteiger partial charge in [0, 0.05) is 0 Å². The van der Waals surface area contributed by atoms with E-state index >= 15 is 0 Å². The summed E-state index contributed by atoms with van der Waals surface area (Å²) in [6.45, 7) is 0. The third-order valence-electron chi connectivity index (χ3n) is 0. The van der Waals surface area contributed by atoms with Crippen LogP contribution in [0.25, 0.3) is 0 Å². The summed E-state index contributed by atoms with van der Waals surface area (Å²) in [5.74, 6) is 0. The molecule has 1 unspecified atom stereocenters. The monoisotopic (exact) mass is 126 g/mol. The maximum atomic E-state index is 0. The molecule has 0 aromatic rings. The minimum absolute atomic E-state index is 0. The number of hydrogen-bond donors (Lipinski definition) is 0. The van der Waals surface area contributed by atoms with Gasteiger partial charge in [-0.3, -0.25) is 0 Å². The van der Waals surface area contributed by atoms with E-state index in [1.807, 2.05) is 0 Å². The molecular weight excluding hydrogens is 118 g/mol. The quantitative estimate of drug-likeness (QED) is 0.238. The summed E-state index contributed by atoms with van der Waals surface area (Å²) in [5, 5.41) is 0. The summed E-state index contributed by atoms with van der Waals surface area (Å²) >= 11 is 0. The Morgan fingerprint density at radius 3 is 1.25 bits per heavy atom. The van der Waals surface area contributed by atoms with Crippen LogP contribution in [0.15, 0.2) is 0 Å². The average Bonchev–Trinajstić information content (AvgIpc) is 0. The van der Waals surface area contributed by atoms with Crippen LogP contribution in [0.3, 0.4) is 0 Å². The Morgan fingerprint density at radius 1 is 1.25 bits per heavy atom. The Balaban J connectivity index is 0. The standard InChI is InChI=1S/Ca.Mg.Na.H3P.5H/h;;;1H3;;;;;/q2*+2;+1;;5*-1. The summed E-state index contributed by atoms with van der Waals surface area (Å²) < 4.78 is 0. The third kappa shape index (κ3) is 9.07. The predicted molar refractivity (Wildman–Crippen MR) is 28.2 cm³/mol. The van der Waals surface area contributed by atoms with Crippen molar-refractivity contribution in [3.8, 4) is 0 Å². The van der Waals surface area contributed by atoms with Crippen LogP contribution < -0.4 is 29.6 Å². The molecule has 0 spiro atoms. The van der Waals surface area contributed by atoms with E-state index in [9.17, 15) is 0 Å². The zero-order valence-corrected chi connectivity index (χ0v) is 10.2. The molecule has 0 radical (unpaired) electrons. The van der Waals surface area contributed by atoms with E-state index in [1.165, 1.54) is 0 Å². The van der Waals surface area contributed by atoms with E-state index in [4.69, 9.17) is 0 Å². The topological polar surface area (TPSA) is 0 Å². The van der Waals surface area contributed by atoms with Gasteiger partial charge in [-0.1, -0.05) is 0 Å². The van der Waals surface area contributed by atoms with E-state index in [-0.39, 0.29) is 107 Å². The van der Waals surface area contributed by atoms with Gasteiger partial charge in [0.25, 0.3) is 0 Å². The Morgan fingerprint density at radius 2 is 1.25 bits per heavy atom. The molecule has 18 valence electrons. The van der Waals surface area contributed by atoms with Gasteiger partial charge in [-0.15, -0.1) is 0 Å². The van der Waals surface area contributed by atoms with Crippen molar-refractivity contribution in [3.05, 3.63) is 0 Å². The molecule has 0 aliphatic rings. The van der Waals surface area contributed by atoms with Crippen LogP contribution in [0.1, 0.15) is 7.13 Å². The van der Waals surface area contributed by atoms with Gasteiger partial charge in [0.1, 0.15) is 0 Å². The van der Waals surface area contributed by atoms with Crippen molar-refractivity contribution in [3.63, 3.8) is 0 Å². The first-order chi connectivity index (χ1) is 0. The predicted octanol–water partition coefficient (Wildman–Crippen LogP) is -3.14. The minimum Gasteiger partial charge on any atom is -1.00 e. The summed E-state index contributed by atoms with van der Waals surface area (Å²) in [6.07, 6.45) is 0. The Hall–Kier alpha value is 3.46. The van der Waals surface area contributed by atoms with Gasteiger partial charge in [0.2, 0.25) is 0 Å². The Labute approximate surface area is 105 Å². The fraction of sp³-hybridized carbons (Fsp3) is 0. The second-order valence-electron chi connectivity index (χ2n) is 0. The Bertz CT molecular complexity index is 16.9. The van der Waals surface area contributed by atoms with E-state index in [1.54, 1.807) is 0 Å².